The lowest BCUT2D eigenvalue weighted by Crippen LogP contribution is -2.14. The second kappa shape index (κ2) is 5.27. The minimum absolute atomic E-state index is 0.750. The standard InChI is InChI=1S/C13H19N5/c1-5-14-8-12-6-7-13(16-15-12)18-11(4)9(2)10(3)17-18/h6-7,14H,5,8H2,1-4H3. The van der Waals surface area contributed by atoms with E-state index >= 15 is 0 Å². The van der Waals surface area contributed by atoms with Gasteiger partial charge in [-0.25, -0.2) is 4.68 Å². The highest BCUT2D eigenvalue weighted by atomic mass is 15.3. The number of hydrogen-bond acceptors (Lipinski definition) is 4. The molecule has 5 nitrogen and oxygen atoms in total. The fraction of sp³-hybridized carbons (Fsp3) is 0.462. The molecule has 0 saturated heterocycles. The van der Waals surface area contributed by atoms with Gasteiger partial charge >= 0.3 is 0 Å². The number of rotatable bonds is 4. The average Bonchev–Trinajstić information content (AvgIpc) is 2.65. The van der Waals surface area contributed by atoms with Crippen molar-refractivity contribution in [3.05, 3.63) is 34.8 Å². The van der Waals surface area contributed by atoms with Gasteiger partial charge in [-0.15, -0.1) is 5.10 Å². The topological polar surface area (TPSA) is 55.6 Å². The Bertz CT molecular complexity index is 527. The maximum Gasteiger partial charge on any atom is 0.175 e. The van der Waals surface area contributed by atoms with Crippen LogP contribution in [0, 0.1) is 20.8 Å². The summed E-state index contributed by atoms with van der Waals surface area (Å²) in [6, 6.07) is 3.94. The zero-order valence-corrected chi connectivity index (χ0v) is 11.4. The van der Waals surface area contributed by atoms with Crippen molar-refractivity contribution in [1.29, 1.82) is 0 Å². The summed E-state index contributed by atoms with van der Waals surface area (Å²) in [6.07, 6.45) is 0. The second-order valence-electron chi connectivity index (χ2n) is 4.37. The molecule has 96 valence electrons. The van der Waals surface area contributed by atoms with Gasteiger partial charge in [0.2, 0.25) is 0 Å². The van der Waals surface area contributed by atoms with Crippen LogP contribution in [0.1, 0.15) is 29.6 Å². The maximum atomic E-state index is 4.47. The van der Waals surface area contributed by atoms with Gasteiger partial charge in [0.15, 0.2) is 5.82 Å². The van der Waals surface area contributed by atoms with E-state index in [1.165, 1.54) is 5.56 Å². The van der Waals surface area contributed by atoms with Crippen LogP contribution in [0.3, 0.4) is 0 Å². The van der Waals surface area contributed by atoms with Crippen molar-refractivity contribution in [1.82, 2.24) is 25.3 Å². The van der Waals surface area contributed by atoms with Crippen LogP contribution in [-0.4, -0.2) is 26.5 Å². The van der Waals surface area contributed by atoms with Crippen molar-refractivity contribution in [2.75, 3.05) is 6.54 Å². The van der Waals surface area contributed by atoms with Crippen LogP contribution in [0.4, 0.5) is 0 Å². The van der Waals surface area contributed by atoms with Crippen LogP contribution in [-0.2, 0) is 6.54 Å². The number of aromatic nitrogens is 4. The molecule has 2 rings (SSSR count). The molecule has 1 N–H and O–H groups in total. The Morgan fingerprint density at radius 2 is 1.94 bits per heavy atom. The molecule has 0 spiro atoms. The molecule has 0 aliphatic carbocycles. The molecule has 0 aromatic carbocycles. The van der Waals surface area contributed by atoms with E-state index in [4.69, 9.17) is 0 Å². The first-order valence-electron chi connectivity index (χ1n) is 6.20. The Morgan fingerprint density at radius 3 is 2.44 bits per heavy atom. The molecule has 0 fully saturated rings. The molecule has 5 heteroatoms. The molecule has 0 aliphatic rings. The molecule has 2 heterocycles. The summed E-state index contributed by atoms with van der Waals surface area (Å²) >= 11 is 0. The summed E-state index contributed by atoms with van der Waals surface area (Å²) in [5.74, 6) is 0.768. The Hall–Kier alpha value is -1.75. The van der Waals surface area contributed by atoms with Gasteiger partial charge in [0.05, 0.1) is 11.4 Å². The van der Waals surface area contributed by atoms with Crippen molar-refractivity contribution < 1.29 is 0 Å². The van der Waals surface area contributed by atoms with E-state index in [-0.39, 0.29) is 0 Å². The lowest BCUT2D eigenvalue weighted by molar-refractivity contribution is 0.689. The molecule has 0 atom stereocenters. The van der Waals surface area contributed by atoms with Gasteiger partial charge in [0.1, 0.15) is 0 Å². The SMILES string of the molecule is CCNCc1ccc(-n2nc(C)c(C)c2C)nn1. The van der Waals surface area contributed by atoms with E-state index in [2.05, 4.69) is 34.5 Å². The van der Waals surface area contributed by atoms with Crippen LogP contribution < -0.4 is 5.32 Å². The third-order valence-corrected chi connectivity index (χ3v) is 3.13. The van der Waals surface area contributed by atoms with Gasteiger partial charge < -0.3 is 5.32 Å². The Kier molecular flexibility index (Phi) is 3.72. The van der Waals surface area contributed by atoms with E-state index in [9.17, 15) is 0 Å². The maximum absolute atomic E-state index is 4.47. The highest BCUT2D eigenvalue weighted by molar-refractivity contribution is 5.30. The molecule has 0 unspecified atom stereocenters. The first-order valence-corrected chi connectivity index (χ1v) is 6.20. The highest BCUT2D eigenvalue weighted by Gasteiger charge is 2.10. The summed E-state index contributed by atoms with van der Waals surface area (Å²) in [4.78, 5) is 0. The number of nitrogens with zero attached hydrogens (tertiary/aromatic N) is 4. The van der Waals surface area contributed by atoms with Crippen molar-refractivity contribution in [3.8, 4) is 5.82 Å². The van der Waals surface area contributed by atoms with E-state index in [0.717, 1.165) is 36.0 Å². The first-order chi connectivity index (χ1) is 8.63. The smallest absolute Gasteiger partial charge is 0.175 e. The quantitative estimate of drug-likeness (QED) is 0.890. The number of nitrogens with one attached hydrogen (secondary N) is 1. The van der Waals surface area contributed by atoms with Gasteiger partial charge in [0.25, 0.3) is 0 Å². The molecular formula is C13H19N5. The fourth-order valence-corrected chi connectivity index (χ4v) is 1.76. The summed E-state index contributed by atoms with van der Waals surface area (Å²) < 4.78 is 1.84. The summed E-state index contributed by atoms with van der Waals surface area (Å²) in [5.41, 5.74) is 4.29. The zero-order chi connectivity index (χ0) is 13.1. The van der Waals surface area contributed by atoms with E-state index < -0.39 is 0 Å². The zero-order valence-electron chi connectivity index (χ0n) is 11.4. The van der Waals surface area contributed by atoms with E-state index in [1.54, 1.807) is 0 Å². The van der Waals surface area contributed by atoms with Crippen molar-refractivity contribution in [2.24, 2.45) is 0 Å². The average molecular weight is 245 g/mol. The van der Waals surface area contributed by atoms with Crippen LogP contribution in [0.15, 0.2) is 12.1 Å². The Balaban J connectivity index is 2.26. The lowest BCUT2D eigenvalue weighted by Gasteiger charge is -2.04. The van der Waals surface area contributed by atoms with Gasteiger partial charge in [-0.1, -0.05) is 6.92 Å². The Labute approximate surface area is 107 Å². The molecular weight excluding hydrogens is 226 g/mol. The summed E-state index contributed by atoms with van der Waals surface area (Å²) in [6.45, 7) is 9.87. The second-order valence-corrected chi connectivity index (χ2v) is 4.37. The van der Waals surface area contributed by atoms with Gasteiger partial charge in [-0.05, 0) is 45.0 Å². The van der Waals surface area contributed by atoms with Crippen LogP contribution >= 0.6 is 0 Å². The fourth-order valence-electron chi connectivity index (χ4n) is 1.76. The van der Waals surface area contributed by atoms with Crippen LogP contribution in [0.2, 0.25) is 0 Å². The largest absolute Gasteiger partial charge is 0.311 e. The van der Waals surface area contributed by atoms with Gasteiger partial charge in [0, 0.05) is 12.2 Å². The molecule has 0 aliphatic heterocycles. The normalized spacial score (nSPS) is 10.9. The molecule has 18 heavy (non-hydrogen) atoms. The van der Waals surface area contributed by atoms with E-state index in [1.807, 2.05) is 30.7 Å². The molecule has 2 aromatic heterocycles. The van der Waals surface area contributed by atoms with Crippen LogP contribution in [0.5, 0.6) is 0 Å². The third kappa shape index (κ3) is 2.41. The highest BCUT2D eigenvalue weighted by Crippen LogP contribution is 2.14. The predicted molar refractivity (Wildman–Crippen MR) is 70.7 cm³/mol. The molecule has 0 amide bonds. The first kappa shape index (κ1) is 12.7. The number of aryl methyl sites for hydroxylation is 1. The van der Waals surface area contributed by atoms with Crippen LogP contribution in [0.25, 0.3) is 5.82 Å². The van der Waals surface area contributed by atoms with Crippen molar-refractivity contribution >= 4 is 0 Å². The summed E-state index contributed by atoms with van der Waals surface area (Å²) in [5, 5.41) is 16.1. The Morgan fingerprint density at radius 1 is 1.17 bits per heavy atom. The molecule has 0 saturated carbocycles. The summed E-state index contributed by atoms with van der Waals surface area (Å²) in [7, 11) is 0. The number of hydrogen-bond donors (Lipinski definition) is 1. The minimum Gasteiger partial charge on any atom is -0.311 e. The molecule has 0 radical (unpaired) electrons. The molecule has 2 aromatic rings. The third-order valence-electron chi connectivity index (χ3n) is 3.13. The van der Waals surface area contributed by atoms with E-state index in [0.29, 0.717) is 0 Å². The monoisotopic (exact) mass is 245 g/mol. The predicted octanol–water partition coefficient (Wildman–Crippen LogP) is 1.70. The molecule has 0 bridgehead atoms. The van der Waals surface area contributed by atoms with Gasteiger partial charge in [-0.3, -0.25) is 0 Å². The van der Waals surface area contributed by atoms with Gasteiger partial charge in [-0.2, -0.15) is 10.2 Å². The van der Waals surface area contributed by atoms with Crippen molar-refractivity contribution in [2.45, 2.75) is 34.2 Å². The van der Waals surface area contributed by atoms with Crippen molar-refractivity contribution in [3.63, 3.8) is 0 Å². The minimum atomic E-state index is 0.750. The lowest BCUT2D eigenvalue weighted by atomic mass is 10.2.